The highest BCUT2D eigenvalue weighted by Gasteiger charge is 2.29. The van der Waals surface area contributed by atoms with Crippen LogP contribution in [0.25, 0.3) is 11.3 Å². The summed E-state index contributed by atoms with van der Waals surface area (Å²) in [5, 5.41) is 8.93. The fourth-order valence-corrected chi connectivity index (χ4v) is 3.43. The van der Waals surface area contributed by atoms with E-state index in [2.05, 4.69) is 44.3 Å². The van der Waals surface area contributed by atoms with Crippen LogP contribution in [0.5, 0.6) is 0 Å². The summed E-state index contributed by atoms with van der Waals surface area (Å²) in [6.45, 7) is 4.69. The Morgan fingerprint density at radius 2 is 1.62 bits per heavy atom. The molecule has 4 heteroatoms. The van der Waals surface area contributed by atoms with Crippen molar-refractivity contribution < 1.29 is 0 Å². The Kier molecular flexibility index (Phi) is 3.31. The lowest BCUT2D eigenvalue weighted by atomic mass is 10.1. The molecule has 0 aliphatic carbocycles. The van der Waals surface area contributed by atoms with Gasteiger partial charge in [0.2, 0.25) is 0 Å². The van der Waals surface area contributed by atoms with Gasteiger partial charge in [0.1, 0.15) is 0 Å². The first-order valence-corrected chi connectivity index (χ1v) is 7.78. The lowest BCUT2D eigenvalue weighted by Crippen LogP contribution is -2.38. The minimum Gasteiger partial charge on any atom is -0.351 e. The molecule has 2 aromatic rings. The van der Waals surface area contributed by atoms with Crippen LogP contribution in [0.3, 0.4) is 0 Å². The largest absolute Gasteiger partial charge is 0.351 e. The zero-order valence-corrected chi connectivity index (χ0v) is 12.2. The second-order valence-corrected chi connectivity index (χ2v) is 5.91. The van der Waals surface area contributed by atoms with Gasteiger partial charge >= 0.3 is 0 Å². The van der Waals surface area contributed by atoms with Gasteiger partial charge in [-0.15, -0.1) is 10.2 Å². The van der Waals surface area contributed by atoms with E-state index in [1.807, 2.05) is 18.2 Å². The van der Waals surface area contributed by atoms with Crippen molar-refractivity contribution in [1.29, 1.82) is 0 Å². The maximum Gasteiger partial charge on any atom is 0.151 e. The minimum absolute atomic E-state index is 0.639. The lowest BCUT2D eigenvalue weighted by Gasteiger charge is -2.31. The molecule has 0 amide bonds. The molecular weight excluding hydrogens is 260 g/mol. The number of nitrogens with zero attached hydrogens (tertiary/aromatic N) is 4. The first-order valence-electron chi connectivity index (χ1n) is 7.78. The van der Waals surface area contributed by atoms with E-state index in [1.54, 1.807) is 0 Å². The number of hydrogen-bond donors (Lipinski definition) is 0. The third kappa shape index (κ3) is 2.51. The van der Waals surface area contributed by atoms with Crippen LogP contribution >= 0.6 is 0 Å². The van der Waals surface area contributed by atoms with E-state index < -0.39 is 0 Å². The summed E-state index contributed by atoms with van der Waals surface area (Å²) in [7, 11) is 0. The van der Waals surface area contributed by atoms with E-state index in [0.29, 0.717) is 6.04 Å². The van der Waals surface area contributed by atoms with Crippen molar-refractivity contribution in [3.8, 4) is 11.3 Å². The van der Waals surface area contributed by atoms with Gasteiger partial charge in [0, 0.05) is 37.8 Å². The topological polar surface area (TPSA) is 32.3 Å². The normalized spacial score (nSPS) is 24.9. The second kappa shape index (κ2) is 5.45. The molecule has 108 valence electrons. The molecule has 21 heavy (non-hydrogen) atoms. The Morgan fingerprint density at radius 1 is 0.810 bits per heavy atom. The molecule has 1 aromatic heterocycles. The van der Waals surface area contributed by atoms with Crippen LogP contribution in [0, 0.1) is 0 Å². The molecule has 5 rings (SSSR count). The summed E-state index contributed by atoms with van der Waals surface area (Å²) >= 11 is 0. The molecule has 0 spiro atoms. The van der Waals surface area contributed by atoms with E-state index in [1.165, 1.54) is 25.9 Å². The smallest absolute Gasteiger partial charge is 0.151 e. The zero-order chi connectivity index (χ0) is 14.1. The van der Waals surface area contributed by atoms with Crippen molar-refractivity contribution >= 4 is 5.82 Å². The van der Waals surface area contributed by atoms with Crippen LogP contribution in [0.4, 0.5) is 5.82 Å². The first kappa shape index (κ1) is 12.8. The average molecular weight is 280 g/mol. The highest BCUT2D eigenvalue weighted by molar-refractivity contribution is 5.59. The number of fused-ring (bicyclic) bond motifs is 4. The second-order valence-electron chi connectivity index (χ2n) is 5.91. The van der Waals surface area contributed by atoms with Crippen LogP contribution in [-0.4, -0.2) is 47.3 Å². The van der Waals surface area contributed by atoms with Gasteiger partial charge in [-0.05, 0) is 25.0 Å². The summed E-state index contributed by atoms with van der Waals surface area (Å²) < 4.78 is 0. The molecule has 0 unspecified atom stereocenters. The molecule has 3 aliphatic heterocycles. The van der Waals surface area contributed by atoms with Crippen LogP contribution in [0.2, 0.25) is 0 Å². The highest BCUT2D eigenvalue weighted by Crippen LogP contribution is 2.26. The first-order chi connectivity index (χ1) is 10.4. The van der Waals surface area contributed by atoms with Crippen LogP contribution in [0.15, 0.2) is 42.5 Å². The molecule has 0 atom stereocenters. The molecule has 2 bridgehead atoms. The van der Waals surface area contributed by atoms with Crippen molar-refractivity contribution in [2.45, 2.75) is 18.9 Å². The SMILES string of the molecule is c1ccc(-c2ccc(N3CCN4CCC3CC4)nn2)cc1. The fraction of sp³-hybridized carbons (Fsp3) is 0.412. The Bertz CT molecular complexity index is 588. The summed E-state index contributed by atoms with van der Waals surface area (Å²) in [6, 6.07) is 15.1. The molecule has 3 saturated heterocycles. The van der Waals surface area contributed by atoms with Crippen LogP contribution < -0.4 is 4.90 Å². The molecule has 3 fully saturated rings. The molecule has 1 aromatic carbocycles. The number of hydrogen-bond acceptors (Lipinski definition) is 4. The van der Waals surface area contributed by atoms with E-state index in [9.17, 15) is 0 Å². The molecule has 0 saturated carbocycles. The van der Waals surface area contributed by atoms with Crippen molar-refractivity contribution in [2.75, 3.05) is 31.1 Å². The van der Waals surface area contributed by atoms with E-state index in [-0.39, 0.29) is 0 Å². The standard InChI is InChI=1S/C17H20N4/c1-2-4-14(5-3-1)16-6-7-17(19-18-16)21-13-12-20-10-8-15(21)9-11-20/h1-7,15H,8-13H2. The maximum atomic E-state index is 4.49. The lowest BCUT2D eigenvalue weighted by molar-refractivity contribution is 0.250. The van der Waals surface area contributed by atoms with Gasteiger partial charge in [0.15, 0.2) is 5.82 Å². The summed E-state index contributed by atoms with van der Waals surface area (Å²) in [6.07, 6.45) is 2.50. The molecular formula is C17H20N4. The quantitative estimate of drug-likeness (QED) is 0.845. The van der Waals surface area contributed by atoms with E-state index >= 15 is 0 Å². The minimum atomic E-state index is 0.639. The van der Waals surface area contributed by atoms with Gasteiger partial charge in [0.25, 0.3) is 0 Å². The molecule has 4 nitrogen and oxygen atoms in total. The maximum absolute atomic E-state index is 4.49. The Labute approximate surface area is 125 Å². The van der Waals surface area contributed by atoms with Crippen molar-refractivity contribution in [3.05, 3.63) is 42.5 Å². The number of aromatic nitrogens is 2. The van der Waals surface area contributed by atoms with Gasteiger partial charge in [-0.2, -0.15) is 0 Å². The number of piperidine rings is 1. The number of benzene rings is 1. The Hall–Kier alpha value is -1.94. The monoisotopic (exact) mass is 280 g/mol. The third-order valence-electron chi connectivity index (χ3n) is 4.67. The number of anilines is 1. The van der Waals surface area contributed by atoms with Crippen molar-refractivity contribution in [1.82, 2.24) is 15.1 Å². The highest BCUT2D eigenvalue weighted by atomic mass is 15.3. The Balaban J connectivity index is 1.59. The zero-order valence-electron chi connectivity index (χ0n) is 12.2. The van der Waals surface area contributed by atoms with Gasteiger partial charge in [-0.1, -0.05) is 30.3 Å². The van der Waals surface area contributed by atoms with Crippen LogP contribution in [-0.2, 0) is 0 Å². The molecule has 0 radical (unpaired) electrons. The molecule has 3 aliphatic rings. The number of rotatable bonds is 2. The Morgan fingerprint density at radius 3 is 2.33 bits per heavy atom. The summed E-state index contributed by atoms with van der Waals surface area (Å²) in [4.78, 5) is 5.01. The van der Waals surface area contributed by atoms with Gasteiger partial charge in [-0.25, -0.2) is 0 Å². The fourth-order valence-electron chi connectivity index (χ4n) is 3.43. The summed E-state index contributed by atoms with van der Waals surface area (Å²) in [5.74, 6) is 1.03. The molecule has 4 heterocycles. The average Bonchev–Trinajstić information content (AvgIpc) is 2.90. The van der Waals surface area contributed by atoms with E-state index in [0.717, 1.165) is 30.2 Å². The predicted octanol–water partition coefficient (Wildman–Crippen LogP) is 2.43. The van der Waals surface area contributed by atoms with Gasteiger partial charge in [0.05, 0.1) is 5.69 Å². The van der Waals surface area contributed by atoms with E-state index in [4.69, 9.17) is 0 Å². The summed E-state index contributed by atoms with van der Waals surface area (Å²) in [5.41, 5.74) is 2.07. The van der Waals surface area contributed by atoms with Crippen LogP contribution in [0.1, 0.15) is 12.8 Å². The van der Waals surface area contributed by atoms with Crippen molar-refractivity contribution in [2.24, 2.45) is 0 Å². The third-order valence-corrected chi connectivity index (χ3v) is 4.67. The van der Waals surface area contributed by atoms with Crippen molar-refractivity contribution in [3.63, 3.8) is 0 Å². The molecule has 0 N–H and O–H groups in total. The van der Waals surface area contributed by atoms with Gasteiger partial charge < -0.3 is 9.80 Å². The predicted molar refractivity (Wildman–Crippen MR) is 84.3 cm³/mol. The van der Waals surface area contributed by atoms with Gasteiger partial charge in [-0.3, -0.25) is 0 Å².